The normalized spacial score (nSPS) is 12.0. The van der Waals surface area contributed by atoms with Crippen molar-refractivity contribution in [3.63, 3.8) is 0 Å². The molecule has 0 radical (unpaired) electrons. The number of halogens is 3. The zero-order chi connectivity index (χ0) is 16.6. The Morgan fingerprint density at radius 3 is 2.33 bits per heavy atom. The van der Waals surface area contributed by atoms with Gasteiger partial charge in [0.1, 0.15) is 5.75 Å². The number of methoxy groups -OCH3 is 1. The first-order valence-corrected chi connectivity index (χ1v) is 6.12. The molecule has 1 rings (SSSR count). The average molecular weight is 330 g/mol. The highest BCUT2D eigenvalue weighted by Crippen LogP contribution is 2.29. The van der Waals surface area contributed by atoms with Crippen LogP contribution < -0.4 is 10.2 Å². The van der Waals surface area contributed by atoms with Crippen molar-refractivity contribution in [3.05, 3.63) is 23.8 Å². The second kappa shape index (κ2) is 8.56. The van der Waals surface area contributed by atoms with E-state index < -0.39 is 34.1 Å². The lowest BCUT2D eigenvalue weighted by atomic mass is 10.2. The number of benzene rings is 1. The van der Waals surface area contributed by atoms with E-state index >= 15 is 0 Å². The molecule has 0 spiro atoms. The number of carbonyl (C=O) groups excluding carboxylic acids is 1. The summed E-state index contributed by atoms with van der Waals surface area (Å²) in [6, 6.07) is 2.42. The fraction of sp³-hybridized carbons (Fsp3) is 0.300. The van der Waals surface area contributed by atoms with Crippen molar-refractivity contribution >= 4 is 17.0 Å². The van der Waals surface area contributed by atoms with Gasteiger partial charge in [0.25, 0.3) is 0 Å². The van der Waals surface area contributed by atoms with Gasteiger partial charge < -0.3 is 19.2 Å². The number of alkyl halides is 3. The van der Waals surface area contributed by atoms with Gasteiger partial charge in [-0.3, -0.25) is 4.21 Å². The fourth-order valence-electron chi connectivity index (χ4n) is 1.09. The summed E-state index contributed by atoms with van der Waals surface area (Å²) < 4.78 is 65.4. The molecule has 120 valence electrons. The van der Waals surface area contributed by atoms with Gasteiger partial charge in [-0.1, -0.05) is 0 Å². The number of nitrogens with one attached hydrogen (secondary N) is 1. The standard InChI is InChI=1S/C9H7F3O5S.CH5NO/c1-16-8(13)5-2-3-6(17-9(10,11)12)7(4-5)18(14)15;1-2-3/h2-4H,1H3,(H,14,15);2-3H,1H3/p-1. The first-order valence-electron chi connectivity index (χ1n) is 5.04. The van der Waals surface area contributed by atoms with Gasteiger partial charge in [-0.2, -0.15) is 0 Å². The number of hydroxylamine groups is 1. The van der Waals surface area contributed by atoms with Crippen molar-refractivity contribution in [2.75, 3.05) is 14.2 Å². The summed E-state index contributed by atoms with van der Waals surface area (Å²) in [5.41, 5.74) is 1.55. The van der Waals surface area contributed by atoms with Gasteiger partial charge in [-0.25, -0.2) is 10.3 Å². The van der Waals surface area contributed by atoms with Gasteiger partial charge in [0.2, 0.25) is 0 Å². The van der Waals surface area contributed by atoms with Crippen LogP contribution in [0.25, 0.3) is 0 Å². The van der Waals surface area contributed by atoms with E-state index in [-0.39, 0.29) is 5.56 Å². The van der Waals surface area contributed by atoms with Crippen molar-refractivity contribution in [3.8, 4) is 5.75 Å². The first-order chi connectivity index (χ1) is 9.66. The molecule has 2 N–H and O–H groups in total. The Morgan fingerprint density at radius 2 is 1.95 bits per heavy atom. The van der Waals surface area contributed by atoms with Crippen molar-refractivity contribution in [1.82, 2.24) is 5.48 Å². The van der Waals surface area contributed by atoms with E-state index in [0.717, 1.165) is 25.3 Å². The predicted molar refractivity (Wildman–Crippen MR) is 62.5 cm³/mol. The zero-order valence-electron chi connectivity index (χ0n) is 10.8. The Kier molecular flexibility index (Phi) is 7.88. The SMILES string of the molecule is CNO.COC(=O)c1ccc(OC(F)(F)F)c(S(=O)[O-])c1. The van der Waals surface area contributed by atoms with Gasteiger partial charge in [0, 0.05) is 7.05 Å². The van der Waals surface area contributed by atoms with E-state index in [4.69, 9.17) is 5.21 Å². The van der Waals surface area contributed by atoms with Crippen LogP contribution in [-0.4, -0.2) is 40.5 Å². The molecular weight excluding hydrogens is 319 g/mol. The number of esters is 1. The third kappa shape index (κ3) is 7.04. The minimum Gasteiger partial charge on any atom is -0.768 e. The van der Waals surface area contributed by atoms with Crippen molar-refractivity contribution in [1.29, 1.82) is 0 Å². The molecule has 1 atom stereocenters. The van der Waals surface area contributed by atoms with Crippen LogP contribution in [0.15, 0.2) is 23.1 Å². The highest BCUT2D eigenvalue weighted by atomic mass is 32.2. The minimum absolute atomic E-state index is 0.203. The van der Waals surface area contributed by atoms with Crippen LogP contribution in [0.2, 0.25) is 0 Å². The van der Waals surface area contributed by atoms with Gasteiger partial charge in [-0.15, -0.1) is 13.2 Å². The van der Waals surface area contributed by atoms with Gasteiger partial charge in [0.15, 0.2) is 0 Å². The maximum Gasteiger partial charge on any atom is 0.573 e. The molecule has 1 unspecified atom stereocenters. The summed E-state index contributed by atoms with van der Waals surface area (Å²) >= 11 is -2.99. The van der Waals surface area contributed by atoms with E-state index in [1.54, 1.807) is 5.48 Å². The lowest BCUT2D eigenvalue weighted by Crippen LogP contribution is -2.18. The third-order valence-electron chi connectivity index (χ3n) is 1.77. The summed E-state index contributed by atoms with van der Waals surface area (Å²) in [6.07, 6.45) is -5.03. The van der Waals surface area contributed by atoms with Crippen molar-refractivity contribution in [2.24, 2.45) is 0 Å². The van der Waals surface area contributed by atoms with Crippen LogP contribution in [0, 0.1) is 0 Å². The van der Waals surface area contributed by atoms with Crippen molar-refractivity contribution < 1.29 is 41.4 Å². The van der Waals surface area contributed by atoms with Crippen LogP contribution in [0.3, 0.4) is 0 Å². The van der Waals surface area contributed by atoms with Crippen LogP contribution in [-0.2, 0) is 15.8 Å². The van der Waals surface area contributed by atoms with Crippen LogP contribution in [0.5, 0.6) is 5.75 Å². The highest BCUT2D eigenvalue weighted by molar-refractivity contribution is 7.79. The molecule has 0 aromatic heterocycles. The Labute approximate surface area is 119 Å². The molecule has 21 heavy (non-hydrogen) atoms. The number of hydrogen-bond donors (Lipinski definition) is 2. The topological polar surface area (TPSA) is 108 Å². The van der Waals surface area contributed by atoms with E-state index in [1.165, 1.54) is 7.05 Å². The lowest BCUT2D eigenvalue weighted by Gasteiger charge is -2.15. The molecule has 0 bridgehead atoms. The molecule has 0 heterocycles. The molecule has 0 aliphatic heterocycles. The van der Waals surface area contributed by atoms with Gasteiger partial charge in [0.05, 0.1) is 17.6 Å². The van der Waals surface area contributed by atoms with E-state index in [0.29, 0.717) is 0 Å². The number of ether oxygens (including phenoxy) is 2. The fourth-order valence-corrected chi connectivity index (χ4v) is 1.59. The summed E-state index contributed by atoms with van der Waals surface area (Å²) in [5.74, 6) is -1.79. The molecule has 0 saturated carbocycles. The molecule has 7 nitrogen and oxygen atoms in total. The molecule has 0 fully saturated rings. The van der Waals surface area contributed by atoms with Crippen LogP contribution >= 0.6 is 0 Å². The van der Waals surface area contributed by atoms with Gasteiger partial charge in [-0.05, 0) is 29.3 Å². The van der Waals surface area contributed by atoms with E-state index in [1.807, 2.05) is 0 Å². The largest absolute Gasteiger partial charge is 0.768 e. The first kappa shape index (κ1) is 19.3. The van der Waals surface area contributed by atoms with Gasteiger partial charge >= 0.3 is 12.3 Å². The minimum atomic E-state index is -5.03. The maximum atomic E-state index is 12.0. The molecular formula is C10H11F3NO6S-. The predicted octanol–water partition coefficient (Wildman–Crippen LogP) is 1.20. The van der Waals surface area contributed by atoms with Crippen LogP contribution in [0.4, 0.5) is 13.2 Å². The highest BCUT2D eigenvalue weighted by Gasteiger charge is 2.32. The van der Waals surface area contributed by atoms with E-state index in [9.17, 15) is 26.7 Å². The molecule has 1 aromatic rings. The summed E-state index contributed by atoms with van der Waals surface area (Å²) in [7, 11) is 2.48. The summed E-state index contributed by atoms with van der Waals surface area (Å²) in [5, 5.41) is 7.32. The summed E-state index contributed by atoms with van der Waals surface area (Å²) in [4.78, 5) is 10.3. The smallest absolute Gasteiger partial charge is 0.573 e. The van der Waals surface area contributed by atoms with Crippen molar-refractivity contribution in [2.45, 2.75) is 11.3 Å². The number of hydrogen-bond acceptors (Lipinski definition) is 7. The quantitative estimate of drug-likeness (QED) is 0.487. The number of carbonyl (C=O) groups is 1. The Morgan fingerprint density at radius 1 is 1.43 bits per heavy atom. The Bertz CT molecular complexity index is 508. The molecule has 0 aliphatic rings. The van der Waals surface area contributed by atoms with E-state index in [2.05, 4.69) is 9.47 Å². The molecule has 0 saturated heterocycles. The monoisotopic (exact) mass is 330 g/mol. The van der Waals surface area contributed by atoms with Crippen LogP contribution in [0.1, 0.15) is 10.4 Å². The number of rotatable bonds is 3. The second-order valence-electron chi connectivity index (χ2n) is 3.16. The Balaban J connectivity index is 0.00000122. The lowest BCUT2D eigenvalue weighted by molar-refractivity contribution is -0.275. The maximum absolute atomic E-state index is 12.0. The molecule has 11 heteroatoms. The zero-order valence-corrected chi connectivity index (χ0v) is 11.6. The summed E-state index contributed by atoms with van der Waals surface area (Å²) in [6.45, 7) is 0. The molecule has 0 amide bonds. The second-order valence-corrected chi connectivity index (χ2v) is 4.07. The average Bonchev–Trinajstić information content (AvgIpc) is 2.37. The molecule has 0 aliphatic carbocycles. The third-order valence-corrected chi connectivity index (χ3v) is 2.45. The Hall–Kier alpha value is -1.69. The molecule has 1 aromatic carbocycles.